The van der Waals surface area contributed by atoms with Crippen LogP contribution in [0.15, 0.2) is 36.5 Å². The van der Waals surface area contributed by atoms with Crippen molar-refractivity contribution in [2.45, 2.75) is 32.2 Å². The summed E-state index contributed by atoms with van der Waals surface area (Å²) in [6, 6.07) is 8.79. The molecular formula is C20H23N3O3. The third-order valence-electron chi connectivity index (χ3n) is 4.77. The van der Waals surface area contributed by atoms with E-state index in [-0.39, 0.29) is 17.9 Å². The van der Waals surface area contributed by atoms with Crippen LogP contribution in [0.4, 0.5) is 5.69 Å². The van der Waals surface area contributed by atoms with Gasteiger partial charge in [0, 0.05) is 29.4 Å². The standard InChI is InChI=1S/C20H23N3O3/c1-12-4-3-5-16(21)18-10-13(8-9-22-18)15-7-6-14(20(25)26-2)11-17(15)23-19(12)24/h6-12,16H,3-5,21H2,1-2H3,(H,23,24). The van der Waals surface area contributed by atoms with Gasteiger partial charge in [0.05, 0.1) is 18.4 Å². The minimum atomic E-state index is -0.446. The van der Waals surface area contributed by atoms with Crippen LogP contribution in [-0.2, 0) is 9.53 Å². The summed E-state index contributed by atoms with van der Waals surface area (Å²) in [6.07, 6.45) is 4.09. The predicted molar refractivity (Wildman–Crippen MR) is 99.6 cm³/mol. The van der Waals surface area contributed by atoms with E-state index in [2.05, 4.69) is 10.3 Å². The largest absolute Gasteiger partial charge is 0.465 e. The lowest BCUT2D eigenvalue weighted by Crippen LogP contribution is -2.22. The molecule has 26 heavy (non-hydrogen) atoms. The molecule has 0 saturated carbocycles. The predicted octanol–water partition coefficient (Wildman–Crippen LogP) is 3.29. The molecule has 1 aliphatic heterocycles. The molecule has 6 heteroatoms. The number of nitrogens with zero attached hydrogens (tertiary/aromatic N) is 1. The number of amides is 1. The molecule has 0 radical (unpaired) electrons. The number of ether oxygens (including phenoxy) is 1. The highest BCUT2D eigenvalue weighted by atomic mass is 16.5. The lowest BCUT2D eigenvalue weighted by atomic mass is 9.95. The van der Waals surface area contributed by atoms with E-state index in [0.29, 0.717) is 11.3 Å². The summed E-state index contributed by atoms with van der Waals surface area (Å²) in [7, 11) is 1.33. The van der Waals surface area contributed by atoms with Crippen molar-refractivity contribution in [1.29, 1.82) is 0 Å². The van der Waals surface area contributed by atoms with Crippen LogP contribution in [0, 0.1) is 5.92 Å². The minimum Gasteiger partial charge on any atom is -0.465 e. The monoisotopic (exact) mass is 353 g/mol. The SMILES string of the molecule is COC(=O)c1ccc2c(c1)NC(=O)C(C)CCCC(N)c1cc-2ccn1. The van der Waals surface area contributed by atoms with E-state index in [4.69, 9.17) is 10.5 Å². The normalized spacial score (nSPS) is 20.2. The Morgan fingerprint density at radius 1 is 1.27 bits per heavy atom. The first-order valence-electron chi connectivity index (χ1n) is 8.74. The zero-order valence-electron chi connectivity index (χ0n) is 15.0. The fraction of sp³-hybridized carbons (Fsp3) is 0.350. The summed E-state index contributed by atoms with van der Waals surface area (Å²) < 4.78 is 4.79. The zero-order chi connectivity index (χ0) is 18.7. The molecule has 1 aliphatic rings. The molecule has 1 aromatic heterocycles. The summed E-state index contributed by atoms with van der Waals surface area (Å²) in [5, 5.41) is 2.97. The highest BCUT2D eigenvalue weighted by Gasteiger charge is 2.20. The van der Waals surface area contributed by atoms with Crippen LogP contribution in [-0.4, -0.2) is 24.0 Å². The van der Waals surface area contributed by atoms with Gasteiger partial charge in [-0.3, -0.25) is 9.78 Å². The topological polar surface area (TPSA) is 94.3 Å². The van der Waals surface area contributed by atoms with E-state index in [1.54, 1.807) is 18.3 Å². The Labute approximate surface area is 152 Å². The fourth-order valence-corrected chi connectivity index (χ4v) is 3.14. The average molecular weight is 353 g/mol. The highest BCUT2D eigenvalue weighted by Crippen LogP contribution is 2.32. The van der Waals surface area contributed by atoms with Crippen molar-refractivity contribution in [1.82, 2.24) is 4.98 Å². The Kier molecular flexibility index (Phi) is 5.32. The molecule has 1 aromatic carbocycles. The van der Waals surface area contributed by atoms with Crippen molar-refractivity contribution >= 4 is 17.6 Å². The van der Waals surface area contributed by atoms with Gasteiger partial charge in [-0.2, -0.15) is 0 Å². The Morgan fingerprint density at radius 2 is 2.08 bits per heavy atom. The summed E-state index contributed by atoms with van der Waals surface area (Å²) in [4.78, 5) is 28.9. The first-order chi connectivity index (χ1) is 12.5. The summed E-state index contributed by atoms with van der Waals surface area (Å²) in [5.41, 5.74) is 9.78. The van der Waals surface area contributed by atoms with Gasteiger partial charge in [0.15, 0.2) is 0 Å². The van der Waals surface area contributed by atoms with Crippen LogP contribution in [0.3, 0.4) is 0 Å². The quantitative estimate of drug-likeness (QED) is 0.767. The zero-order valence-corrected chi connectivity index (χ0v) is 15.0. The third kappa shape index (κ3) is 3.75. The van der Waals surface area contributed by atoms with Gasteiger partial charge >= 0.3 is 5.97 Å². The molecule has 2 aromatic rings. The van der Waals surface area contributed by atoms with Crippen molar-refractivity contribution < 1.29 is 14.3 Å². The number of carbonyl (C=O) groups is 2. The van der Waals surface area contributed by atoms with Crippen molar-refractivity contribution in [3.05, 3.63) is 47.8 Å². The van der Waals surface area contributed by atoms with Crippen molar-refractivity contribution in [2.75, 3.05) is 12.4 Å². The highest BCUT2D eigenvalue weighted by molar-refractivity contribution is 5.99. The summed E-state index contributed by atoms with van der Waals surface area (Å²) >= 11 is 0. The Bertz CT molecular complexity index is 835. The van der Waals surface area contributed by atoms with E-state index < -0.39 is 5.97 Å². The number of carbonyl (C=O) groups excluding carboxylic acids is 2. The van der Waals surface area contributed by atoms with Crippen LogP contribution in [0.25, 0.3) is 11.1 Å². The minimum absolute atomic E-state index is 0.0725. The molecule has 1 amide bonds. The molecule has 136 valence electrons. The Balaban J connectivity index is 2.13. The van der Waals surface area contributed by atoms with E-state index >= 15 is 0 Å². The van der Waals surface area contributed by atoms with Crippen LogP contribution < -0.4 is 11.1 Å². The molecule has 0 fully saturated rings. The van der Waals surface area contributed by atoms with Gasteiger partial charge < -0.3 is 15.8 Å². The van der Waals surface area contributed by atoms with E-state index in [1.165, 1.54) is 7.11 Å². The number of hydrogen-bond donors (Lipinski definition) is 2. The van der Waals surface area contributed by atoms with Crippen LogP contribution in [0.2, 0.25) is 0 Å². The summed E-state index contributed by atoms with van der Waals surface area (Å²) in [5.74, 6) is -0.669. The van der Waals surface area contributed by atoms with Crippen molar-refractivity contribution in [2.24, 2.45) is 11.7 Å². The number of pyridine rings is 1. The Hall–Kier alpha value is -2.73. The molecule has 2 heterocycles. The van der Waals surface area contributed by atoms with Crippen LogP contribution in [0.1, 0.15) is 48.3 Å². The molecule has 2 atom stereocenters. The van der Waals surface area contributed by atoms with Gasteiger partial charge in [-0.05, 0) is 42.7 Å². The molecule has 2 bridgehead atoms. The van der Waals surface area contributed by atoms with Gasteiger partial charge in [0.2, 0.25) is 5.91 Å². The number of fused-ring (bicyclic) bond motifs is 4. The molecular weight excluding hydrogens is 330 g/mol. The lowest BCUT2D eigenvalue weighted by Gasteiger charge is -2.19. The molecule has 0 saturated heterocycles. The molecule has 0 spiro atoms. The van der Waals surface area contributed by atoms with E-state index in [9.17, 15) is 9.59 Å². The number of anilines is 1. The maximum atomic E-state index is 12.6. The number of aromatic nitrogens is 1. The lowest BCUT2D eigenvalue weighted by molar-refractivity contribution is -0.119. The second-order valence-corrected chi connectivity index (χ2v) is 6.65. The smallest absolute Gasteiger partial charge is 0.337 e. The van der Waals surface area contributed by atoms with Gasteiger partial charge in [-0.25, -0.2) is 4.79 Å². The number of hydrogen-bond acceptors (Lipinski definition) is 5. The maximum Gasteiger partial charge on any atom is 0.337 e. The molecule has 3 rings (SSSR count). The Morgan fingerprint density at radius 3 is 2.85 bits per heavy atom. The first-order valence-corrected chi connectivity index (χ1v) is 8.74. The number of rotatable bonds is 1. The van der Waals surface area contributed by atoms with Crippen LogP contribution in [0.5, 0.6) is 0 Å². The van der Waals surface area contributed by atoms with Gasteiger partial charge in [-0.1, -0.05) is 19.4 Å². The molecule has 6 nitrogen and oxygen atoms in total. The average Bonchev–Trinajstić information content (AvgIpc) is 2.66. The maximum absolute atomic E-state index is 12.6. The van der Waals surface area contributed by atoms with Crippen molar-refractivity contribution in [3.8, 4) is 11.1 Å². The van der Waals surface area contributed by atoms with Crippen LogP contribution >= 0.6 is 0 Å². The van der Waals surface area contributed by atoms with Crippen molar-refractivity contribution in [3.63, 3.8) is 0 Å². The van der Waals surface area contributed by atoms with E-state index in [1.807, 2.05) is 25.1 Å². The number of nitrogens with two attached hydrogens (primary N) is 1. The van der Waals surface area contributed by atoms with Gasteiger partial charge in [0.1, 0.15) is 0 Å². The number of benzene rings is 1. The van der Waals surface area contributed by atoms with Gasteiger partial charge in [0.25, 0.3) is 0 Å². The first kappa shape index (κ1) is 18.1. The number of methoxy groups -OCH3 is 1. The second kappa shape index (κ2) is 7.66. The molecule has 3 N–H and O–H groups in total. The molecule has 2 unspecified atom stereocenters. The fourth-order valence-electron chi connectivity index (χ4n) is 3.14. The number of nitrogens with one attached hydrogen (secondary N) is 1. The van der Waals surface area contributed by atoms with Gasteiger partial charge in [-0.15, -0.1) is 0 Å². The molecule has 0 aliphatic carbocycles. The summed E-state index contributed by atoms with van der Waals surface area (Å²) in [6.45, 7) is 1.90. The van der Waals surface area contributed by atoms with E-state index in [0.717, 1.165) is 36.1 Å². The third-order valence-corrected chi connectivity index (χ3v) is 4.77. The number of esters is 1. The second-order valence-electron chi connectivity index (χ2n) is 6.65.